The van der Waals surface area contributed by atoms with Crippen molar-refractivity contribution in [2.24, 2.45) is 0 Å². The second-order valence-electron chi connectivity index (χ2n) is 7.24. The van der Waals surface area contributed by atoms with E-state index < -0.39 is 0 Å². The van der Waals surface area contributed by atoms with Gasteiger partial charge < -0.3 is 5.32 Å². The number of hydrogen-bond acceptors (Lipinski definition) is 4. The molecule has 1 aliphatic rings. The van der Waals surface area contributed by atoms with Crippen LogP contribution >= 0.6 is 0 Å². The monoisotopic (exact) mass is 356 g/mol. The number of aryl methyl sites for hydroxylation is 1. The van der Waals surface area contributed by atoms with Crippen LogP contribution in [0.25, 0.3) is 0 Å². The number of carbonyl (C=O) groups excluding carboxylic acids is 1. The van der Waals surface area contributed by atoms with Crippen molar-refractivity contribution in [1.29, 1.82) is 0 Å². The van der Waals surface area contributed by atoms with Gasteiger partial charge in [-0.1, -0.05) is 6.07 Å². The lowest BCUT2D eigenvalue weighted by Crippen LogP contribution is -2.48. The van der Waals surface area contributed by atoms with Crippen LogP contribution in [-0.2, 0) is 6.54 Å². The summed E-state index contributed by atoms with van der Waals surface area (Å²) < 4.78 is 1.84. The number of urea groups is 1. The Morgan fingerprint density at radius 3 is 3.00 bits per heavy atom. The van der Waals surface area contributed by atoms with E-state index in [2.05, 4.69) is 31.7 Å². The summed E-state index contributed by atoms with van der Waals surface area (Å²) in [6.07, 6.45) is 5.77. The van der Waals surface area contributed by atoms with Gasteiger partial charge in [0.25, 0.3) is 0 Å². The van der Waals surface area contributed by atoms with Crippen LogP contribution in [0.15, 0.2) is 30.6 Å². The quantitative estimate of drug-likeness (QED) is 0.864. The summed E-state index contributed by atoms with van der Waals surface area (Å²) in [6, 6.07) is 6.13. The van der Waals surface area contributed by atoms with E-state index in [1.165, 1.54) is 5.56 Å². The van der Waals surface area contributed by atoms with Gasteiger partial charge in [0.2, 0.25) is 0 Å². The molecule has 0 aliphatic carbocycles. The van der Waals surface area contributed by atoms with Crippen molar-refractivity contribution < 1.29 is 4.79 Å². The molecule has 2 amide bonds. The molecule has 0 radical (unpaired) electrons. The molecule has 2 N–H and O–H groups in total. The van der Waals surface area contributed by atoms with Gasteiger partial charge in [-0.15, -0.1) is 0 Å². The molecule has 2 aromatic heterocycles. The van der Waals surface area contributed by atoms with Gasteiger partial charge in [0.15, 0.2) is 0 Å². The fourth-order valence-corrected chi connectivity index (χ4v) is 3.41. The van der Waals surface area contributed by atoms with Gasteiger partial charge in [0.1, 0.15) is 5.82 Å². The molecule has 0 spiro atoms. The lowest BCUT2D eigenvalue weighted by Gasteiger charge is -2.33. The van der Waals surface area contributed by atoms with Crippen LogP contribution in [-0.4, -0.2) is 44.8 Å². The van der Waals surface area contributed by atoms with Gasteiger partial charge in [-0.2, -0.15) is 5.10 Å². The molecule has 1 saturated heterocycles. The summed E-state index contributed by atoms with van der Waals surface area (Å²) in [5.41, 5.74) is 2.10. The lowest BCUT2D eigenvalue weighted by molar-refractivity contribution is 0.183. The van der Waals surface area contributed by atoms with Gasteiger partial charge in [-0.3, -0.25) is 15.2 Å². The Bertz CT molecular complexity index is 727. The fourth-order valence-electron chi connectivity index (χ4n) is 3.41. The molecular formula is C19H28N6O. The SMILES string of the molecule is Cc1cc(NC(=O)NC2CCCN(Cc3cccnc3)C2)n(C(C)C)n1. The van der Waals surface area contributed by atoms with E-state index in [-0.39, 0.29) is 18.1 Å². The maximum atomic E-state index is 12.4. The zero-order valence-electron chi connectivity index (χ0n) is 15.8. The smallest absolute Gasteiger partial charge is 0.320 e. The van der Waals surface area contributed by atoms with Crippen molar-refractivity contribution in [3.63, 3.8) is 0 Å². The Hall–Kier alpha value is -2.41. The van der Waals surface area contributed by atoms with Gasteiger partial charge in [-0.05, 0) is 51.8 Å². The number of likely N-dealkylation sites (tertiary alicyclic amines) is 1. The van der Waals surface area contributed by atoms with E-state index in [0.29, 0.717) is 0 Å². The highest BCUT2D eigenvalue weighted by Crippen LogP contribution is 2.17. The van der Waals surface area contributed by atoms with E-state index >= 15 is 0 Å². The molecule has 3 rings (SSSR count). The van der Waals surface area contributed by atoms with E-state index in [1.54, 1.807) is 6.20 Å². The first-order valence-electron chi connectivity index (χ1n) is 9.26. The normalized spacial score (nSPS) is 18.1. The van der Waals surface area contributed by atoms with Crippen LogP contribution < -0.4 is 10.6 Å². The summed E-state index contributed by atoms with van der Waals surface area (Å²) >= 11 is 0. The van der Waals surface area contributed by atoms with Crippen LogP contribution in [0.1, 0.15) is 44.0 Å². The minimum atomic E-state index is -0.167. The summed E-state index contributed by atoms with van der Waals surface area (Å²) in [7, 11) is 0. The largest absolute Gasteiger partial charge is 0.334 e. The summed E-state index contributed by atoms with van der Waals surface area (Å²) in [5, 5.41) is 10.5. The van der Waals surface area contributed by atoms with Crippen LogP contribution in [0.4, 0.5) is 10.6 Å². The molecule has 1 aliphatic heterocycles. The highest BCUT2D eigenvalue weighted by atomic mass is 16.2. The standard InChI is InChI=1S/C19H28N6O/c1-14(2)25-18(10-15(3)23-25)22-19(26)21-17-7-5-9-24(13-17)12-16-6-4-8-20-11-16/h4,6,8,10-11,14,17H,5,7,9,12-13H2,1-3H3,(H2,21,22,26). The molecule has 2 aromatic rings. The number of aromatic nitrogens is 3. The molecule has 0 saturated carbocycles. The fraction of sp³-hybridized carbons (Fsp3) is 0.526. The Kier molecular flexibility index (Phi) is 5.88. The third-order valence-electron chi connectivity index (χ3n) is 4.56. The van der Waals surface area contributed by atoms with Crippen molar-refractivity contribution in [2.75, 3.05) is 18.4 Å². The molecule has 7 heteroatoms. The Morgan fingerprint density at radius 1 is 1.42 bits per heavy atom. The second kappa shape index (κ2) is 8.31. The molecule has 0 aromatic carbocycles. The Morgan fingerprint density at radius 2 is 2.27 bits per heavy atom. The number of pyridine rings is 1. The minimum Gasteiger partial charge on any atom is -0.334 e. The van der Waals surface area contributed by atoms with Crippen LogP contribution in [0.5, 0.6) is 0 Å². The molecule has 1 fully saturated rings. The Balaban J connectivity index is 1.54. The number of hydrogen-bond donors (Lipinski definition) is 2. The molecule has 1 unspecified atom stereocenters. The maximum absolute atomic E-state index is 12.4. The molecular weight excluding hydrogens is 328 g/mol. The van der Waals surface area contributed by atoms with E-state index in [4.69, 9.17) is 0 Å². The molecule has 26 heavy (non-hydrogen) atoms. The third-order valence-corrected chi connectivity index (χ3v) is 4.56. The summed E-state index contributed by atoms with van der Waals surface area (Å²) in [6.45, 7) is 8.80. The maximum Gasteiger partial charge on any atom is 0.320 e. The number of anilines is 1. The third kappa shape index (κ3) is 4.82. The molecule has 3 heterocycles. The molecule has 1 atom stereocenters. The summed E-state index contributed by atoms with van der Waals surface area (Å²) in [4.78, 5) is 19.0. The average molecular weight is 356 g/mol. The predicted octanol–water partition coefficient (Wildman–Crippen LogP) is 2.95. The topological polar surface area (TPSA) is 75.1 Å². The highest BCUT2D eigenvalue weighted by molar-refractivity contribution is 5.88. The van der Waals surface area contributed by atoms with Gasteiger partial charge in [-0.25, -0.2) is 9.48 Å². The van der Waals surface area contributed by atoms with Gasteiger partial charge in [0, 0.05) is 43.6 Å². The van der Waals surface area contributed by atoms with Crippen LogP contribution in [0.2, 0.25) is 0 Å². The second-order valence-corrected chi connectivity index (χ2v) is 7.24. The molecule has 0 bridgehead atoms. The van der Waals surface area contributed by atoms with Gasteiger partial charge in [0.05, 0.1) is 5.69 Å². The van der Waals surface area contributed by atoms with Crippen LogP contribution in [0.3, 0.4) is 0 Å². The number of carbonyl (C=O) groups is 1. The number of nitrogens with zero attached hydrogens (tertiary/aromatic N) is 4. The zero-order chi connectivity index (χ0) is 18.5. The van der Waals surface area contributed by atoms with Crippen molar-refractivity contribution in [3.8, 4) is 0 Å². The van der Waals surface area contributed by atoms with E-state index in [0.717, 1.165) is 44.0 Å². The average Bonchev–Trinajstić information content (AvgIpc) is 2.96. The predicted molar refractivity (Wildman–Crippen MR) is 102 cm³/mol. The Labute approximate surface area is 154 Å². The highest BCUT2D eigenvalue weighted by Gasteiger charge is 2.22. The first-order chi connectivity index (χ1) is 12.5. The van der Waals surface area contributed by atoms with Gasteiger partial charge >= 0.3 is 6.03 Å². The first-order valence-corrected chi connectivity index (χ1v) is 9.26. The minimum absolute atomic E-state index is 0.150. The zero-order valence-corrected chi connectivity index (χ0v) is 15.8. The van der Waals surface area contributed by atoms with Crippen molar-refractivity contribution >= 4 is 11.8 Å². The number of rotatable bonds is 5. The first kappa shape index (κ1) is 18.4. The van der Waals surface area contributed by atoms with Crippen molar-refractivity contribution in [3.05, 3.63) is 41.9 Å². The van der Waals surface area contributed by atoms with E-state index in [9.17, 15) is 4.79 Å². The number of piperidine rings is 1. The van der Waals surface area contributed by atoms with Crippen molar-refractivity contribution in [1.82, 2.24) is 25.0 Å². The lowest BCUT2D eigenvalue weighted by atomic mass is 10.1. The van der Waals surface area contributed by atoms with E-state index in [1.807, 2.05) is 43.8 Å². The number of amides is 2. The molecule has 140 valence electrons. The summed E-state index contributed by atoms with van der Waals surface area (Å²) in [5.74, 6) is 0.734. The van der Waals surface area contributed by atoms with Crippen LogP contribution in [0, 0.1) is 6.92 Å². The molecule has 7 nitrogen and oxygen atoms in total. The number of nitrogens with one attached hydrogen (secondary N) is 2. The van der Waals surface area contributed by atoms with Crippen molar-refractivity contribution in [2.45, 2.75) is 52.2 Å².